The minimum atomic E-state index is -0.238. The smallest absolute Gasteiger partial charge is 0.253 e. The van der Waals surface area contributed by atoms with E-state index in [1.54, 1.807) is 30.3 Å². The lowest BCUT2D eigenvalue weighted by Gasteiger charge is -2.11. The van der Waals surface area contributed by atoms with Gasteiger partial charge in [0, 0.05) is 25.2 Å². The molecule has 0 fully saturated rings. The van der Waals surface area contributed by atoms with Crippen molar-refractivity contribution < 1.29 is 9.59 Å². The van der Waals surface area contributed by atoms with E-state index in [0.29, 0.717) is 36.6 Å². The van der Waals surface area contributed by atoms with E-state index in [-0.39, 0.29) is 11.8 Å². The summed E-state index contributed by atoms with van der Waals surface area (Å²) in [6.07, 6.45) is 2.56. The third-order valence-electron chi connectivity index (χ3n) is 4.52. The van der Waals surface area contributed by atoms with E-state index in [2.05, 4.69) is 43.1 Å². The maximum Gasteiger partial charge on any atom is 0.253 e. The molecule has 0 spiro atoms. The summed E-state index contributed by atoms with van der Waals surface area (Å²) in [5.74, 6) is 0.148. The van der Waals surface area contributed by atoms with E-state index in [9.17, 15) is 9.59 Å². The minimum absolute atomic E-state index is 0.126. The number of benzene rings is 1. The molecule has 2 rings (SSSR count). The van der Waals surface area contributed by atoms with Gasteiger partial charge in [0.1, 0.15) is 0 Å². The SMILES string of the molecule is C=CCNC(=O)c1ccccc1NC(=O)CCc1c(C)nn(CC(C)C)c1C. The Morgan fingerprint density at radius 3 is 2.64 bits per heavy atom. The molecule has 0 unspecified atom stereocenters. The Morgan fingerprint density at radius 2 is 1.96 bits per heavy atom. The van der Waals surface area contributed by atoms with Crippen LogP contribution < -0.4 is 10.6 Å². The summed E-state index contributed by atoms with van der Waals surface area (Å²) in [4.78, 5) is 24.7. The summed E-state index contributed by atoms with van der Waals surface area (Å²) in [5, 5.41) is 10.2. The van der Waals surface area contributed by atoms with Crippen molar-refractivity contribution in [3.05, 3.63) is 59.4 Å². The summed E-state index contributed by atoms with van der Waals surface area (Å²) in [6.45, 7) is 13.2. The molecular formula is C22H30N4O2. The van der Waals surface area contributed by atoms with Crippen LogP contribution in [-0.2, 0) is 17.8 Å². The number of rotatable bonds is 9. The van der Waals surface area contributed by atoms with Crippen LogP contribution >= 0.6 is 0 Å². The number of nitrogens with one attached hydrogen (secondary N) is 2. The lowest BCUT2D eigenvalue weighted by atomic mass is 10.1. The highest BCUT2D eigenvalue weighted by molar-refractivity contribution is 6.03. The van der Waals surface area contributed by atoms with Crippen LogP contribution in [0.4, 0.5) is 5.69 Å². The van der Waals surface area contributed by atoms with Gasteiger partial charge in [-0.05, 0) is 43.9 Å². The molecule has 0 saturated carbocycles. The maximum absolute atomic E-state index is 12.5. The van der Waals surface area contributed by atoms with Gasteiger partial charge < -0.3 is 10.6 Å². The second-order valence-electron chi connectivity index (χ2n) is 7.32. The fraction of sp³-hybridized carbons (Fsp3) is 0.409. The van der Waals surface area contributed by atoms with Gasteiger partial charge in [-0.25, -0.2) is 0 Å². The van der Waals surface area contributed by atoms with Gasteiger partial charge in [-0.2, -0.15) is 5.10 Å². The number of carbonyl (C=O) groups is 2. The summed E-state index contributed by atoms with van der Waals surface area (Å²) in [7, 11) is 0. The first kappa shape index (κ1) is 21.4. The maximum atomic E-state index is 12.5. The molecular weight excluding hydrogens is 352 g/mol. The Hall–Kier alpha value is -2.89. The zero-order chi connectivity index (χ0) is 20.7. The van der Waals surface area contributed by atoms with Crippen LogP contribution in [0.3, 0.4) is 0 Å². The third-order valence-corrected chi connectivity index (χ3v) is 4.52. The number of amides is 2. The van der Waals surface area contributed by atoms with E-state index in [0.717, 1.165) is 23.5 Å². The second-order valence-corrected chi connectivity index (χ2v) is 7.32. The first-order valence-corrected chi connectivity index (χ1v) is 9.64. The van der Waals surface area contributed by atoms with Crippen molar-refractivity contribution in [1.82, 2.24) is 15.1 Å². The van der Waals surface area contributed by atoms with Crippen LogP contribution in [0.15, 0.2) is 36.9 Å². The average Bonchev–Trinajstić information content (AvgIpc) is 2.91. The zero-order valence-electron chi connectivity index (χ0n) is 17.2. The Balaban J connectivity index is 2.03. The predicted molar refractivity (Wildman–Crippen MR) is 112 cm³/mol. The number of aryl methyl sites for hydroxylation is 1. The molecule has 0 saturated heterocycles. The van der Waals surface area contributed by atoms with E-state index in [1.165, 1.54) is 0 Å². The minimum Gasteiger partial charge on any atom is -0.349 e. The molecule has 2 aromatic rings. The fourth-order valence-corrected chi connectivity index (χ4v) is 3.12. The number of aromatic nitrogens is 2. The average molecular weight is 383 g/mol. The Labute approximate surface area is 167 Å². The standard InChI is InChI=1S/C22H30N4O2/c1-6-13-23-22(28)19-9-7-8-10-20(19)24-21(27)12-11-18-16(4)25-26(17(18)5)14-15(2)3/h6-10,15H,1,11-14H2,2-5H3,(H,23,28)(H,24,27). The second kappa shape index (κ2) is 9.88. The Bertz CT molecular complexity index is 852. The predicted octanol–water partition coefficient (Wildman–Crippen LogP) is 3.64. The highest BCUT2D eigenvalue weighted by Crippen LogP contribution is 2.18. The Morgan fingerprint density at radius 1 is 1.25 bits per heavy atom. The van der Waals surface area contributed by atoms with E-state index in [1.807, 2.05) is 11.6 Å². The van der Waals surface area contributed by atoms with Crippen molar-refractivity contribution >= 4 is 17.5 Å². The van der Waals surface area contributed by atoms with Crippen molar-refractivity contribution in [2.45, 2.75) is 47.1 Å². The number of hydrogen-bond donors (Lipinski definition) is 2. The molecule has 6 nitrogen and oxygen atoms in total. The van der Waals surface area contributed by atoms with Gasteiger partial charge in [-0.3, -0.25) is 14.3 Å². The lowest BCUT2D eigenvalue weighted by Crippen LogP contribution is -2.25. The van der Waals surface area contributed by atoms with Crippen molar-refractivity contribution in [3.8, 4) is 0 Å². The monoisotopic (exact) mass is 382 g/mol. The van der Waals surface area contributed by atoms with Crippen LogP contribution in [0.2, 0.25) is 0 Å². The molecule has 0 aliphatic carbocycles. The summed E-state index contributed by atoms with van der Waals surface area (Å²) in [6, 6.07) is 6.99. The van der Waals surface area contributed by atoms with Gasteiger partial charge in [0.05, 0.1) is 16.9 Å². The summed E-state index contributed by atoms with van der Waals surface area (Å²) < 4.78 is 2.02. The number of carbonyl (C=O) groups excluding carboxylic acids is 2. The first-order chi connectivity index (χ1) is 13.3. The van der Waals surface area contributed by atoms with Crippen molar-refractivity contribution in [3.63, 3.8) is 0 Å². The molecule has 6 heteroatoms. The van der Waals surface area contributed by atoms with E-state index >= 15 is 0 Å². The van der Waals surface area contributed by atoms with E-state index in [4.69, 9.17) is 0 Å². The van der Waals surface area contributed by atoms with Crippen LogP contribution in [-0.4, -0.2) is 28.1 Å². The third kappa shape index (κ3) is 5.55. The van der Waals surface area contributed by atoms with Gasteiger partial charge in [-0.15, -0.1) is 6.58 Å². The Kier molecular flexibility index (Phi) is 7.55. The normalized spacial score (nSPS) is 10.8. The first-order valence-electron chi connectivity index (χ1n) is 9.64. The molecule has 0 atom stereocenters. The molecule has 150 valence electrons. The number of hydrogen-bond acceptors (Lipinski definition) is 3. The quantitative estimate of drug-likeness (QED) is 0.650. The number of nitrogens with zero attached hydrogens (tertiary/aromatic N) is 2. The molecule has 1 aromatic carbocycles. The van der Waals surface area contributed by atoms with Crippen molar-refractivity contribution in [2.75, 3.05) is 11.9 Å². The molecule has 1 aromatic heterocycles. The molecule has 28 heavy (non-hydrogen) atoms. The zero-order valence-corrected chi connectivity index (χ0v) is 17.2. The molecule has 2 N–H and O–H groups in total. The molecule has 0 bridgehead atoms. The van der Waals surface area contributed by atoms with Crippen LogP contribution in [0.5, 0.6) is 0 Å². The fourth-order valence-electron chi connectivity index (χ4n) is 3.12. The molecule has 0 radical (unpaired) electrons. The van der Waals surface area contributed by atoms with E-state index < -0.39 is 0 Å². The highest BCUT2D eigenvalue weighted by Gasteiger charge is 2.16. The molecule has 1 heterocycles. The highest BCUT2D eigenvalue weighted by atomic mass is 16.2. The van der Waals surface area contributed by atoms with Crippen LogP contribution in [0.1, 0.15) is 47.6 Å². The van der Waals surface area contributed by atoms with Gasteiger partial charge in [0.25, 0.3) is 5.91 Å². The van der Waals surface area contributed by atoms with Crippen LogP contribution in [0.25, 0.3) is 0 Å². The largest absolute Gasteiger partial charge is 0.349 e. The lowest BCUT2D eigenvalue weighted by molar-refractivity contribution is -0.116. The number of anilines is 1. The van der Waals surface area contributed by atoms with Gasteiger partial charge >= 0.3 is 0 Å². The number of para-hydroxylation sites is 1. The molecule has 0 aliphatic heterocycles. The summed E-state index contributed by atoms with van der Waals surface area (Å²) in [5.41, 5.74) is 4.15. The van der Waals surface area contributed by atoms with Gasteiger partial charge in [0.15, 0.2) is 0 Å². The molecule has 0 aliphatic rings. The topological polar surface area (TPSA) is 76.0 Å². The van der Waals surface area contributed by atoms with Crippen molar-refractivity contribution in [1.29, 1.82) is 0 Å². The van der Waals surface area contributed by atoms with Gasteiger partial charge in [-0.1, -0.05) is 32.1 Å². The van der Waals surface area contributed by atoms with Crippen molar-refractivity contribution in [2.24, 2.45) is 5.92 Å². The van der Waals surface area contributed by atoms with Crippen LogP contribution in [0, 0.1) is 19.8 Å². The van der Waals surface area contributed by atoms with Gasteiger partial charge in [0.2, 0.25) is 5.91 Å². The summed E-state index contributed by atoms with van der Waals surface area (Å²) >= 11 is 0. The molecule has 2 amide bonds.